The highest BCUT2D eigenvalue weighted by atomic mass is 32.1. The van der Waals surface area contributed by atoms with E-state index in [-0.39, 0.29) is 0 Å². The predicted molar refractivity (Wildman–Crippen MR) is 68.6 cm³/mol. The monoisotopic (exact) mass is 260 g/mol. The van der Waals surface area contributed by atoms with Gasteiger partial charge in [-0.15, -0.1) is 11.3 Å². The third-order valence-electron chi connectivity index (χ3n) is 3.27. The van der Waals surface area contributed by atoms with E-state index in [9.17, 15) is 9.90 Å². The number of aliphatic carboxylic acids is 1. The average Bonchev–Trinajstić information content (AvgIpc) is 3.09. The molecule has 0 atom stereocenters. The highest BCUT2D eigenvalue weighted by Gasteiger charge is 2.54. The van der Waals surface area contributed by atoms with Gasteiger partial charge in [-0.3, -0.25) is 9.78 Å². The van der Waals surface area contributed by atoms with Gasteiger partial charge < -0.3 is 5.11 Å². The van der Waals surface area contributed by atoms with Crippen LogP contribution in [-0.4, -0.2) is 21.0 Å². The molecule has 1 aliphatic carbocycles. The summed E-state index contributed by atoms with van der Waals surface area (Å²) in [5.74, 6) is -0.760. The van der Waals surface area contributed by atoms with Crippen LogP contribution < -0.4 is 0 Å². The largest absolute Gasteiger partial charge is 0.481 e. The Bertz CT molecular complexity index is 603. The first-order valence-corrected chi connectivity index (χ1v) is 6.58. The molecule has 1 N–H and O–H groups in total. The number of carboxylic acids is 1. The Labute approximate surface area is 108 Å². The summed E-state index contributed by atoms with van der Waals surface area (Å²) in [6.45, 7) is 1.96. The molecule has 18 heavy (non-hydrogen) atoms. The minimum Gasteiger partial charge on any atom is -0.481 e. The first kappa shape index (κ1) is 11.3. The molecule has 5 heteroatoms. The Kier molecular flexibility index (Phi) is 2.45. The van der Waals surface area contributed by atoms with Crippen molar-refractivity contribution >= 4 is 17.3 Å². The average molecular weight is 260 g/mol. The molecule has 0 aliphatic heterocycles. The van der Waals surface area contributed by atoms with E-state index in [0.29, 0.717) is 17.8 Å². The number of thiazole rings is 1. The van der Waals surface area contributed by atoms with Crippen LogP contribution >= 0.6 is 11.3 Å². The van der Waals surface area contributed by atoms with Gasteiger partial charge in [-0.1, -0.05) is 6.07 Å². The zero-order valence-electron chi connectivity index (χ0n) is 9.88. The Hall–Kier alpha value is -1.75. The van der Waals surface area contributed by atoms with Gasteiger partial charge in [0, 0.05) is 11.1 Å². The zero-order valence-corrected chi connectivity index (χ0v) is 10.7. The van der Waals surface area contributed by atoms with Gasteiger partial charge >= 0.3 is 5.97 Å². The fourth-order valence-corrected chi connectivity index (χ4v) is 3.15. The minimum atomic E-state index is -0.760. The van der Waals surface area contributed by atoms with E-state index in [2.05, 4.69) is 9.97 Å². The predicted octanol–water partition coefficient (Wildman–Crippen LogP) is 2.63. The number of pyridine rings is 1. The molecule has 2 aromatic heterocycles. The molecule has 1 fully saturated rings. The number of aryl methyl sites for hydroxylation is 1. The Morgan fingerprint density at radius 1 is 1.44 bits per heavy atom. The summed E-state index contributed by atoms with van der Waals surface area (Å²) in [6, 6.07) is 5.66. The lowest BCUT2D eigenvalue weighted by Crippen LogP contribution is -2.19. The van der Waals surface area contributed by atoms with Crippen molar-refractivity contribution < 1.29 is 9.90 Å². The summed E-state index contributed by atoms with van der Waals surface area (Å²) in [5.41, 5.74) is 0.893. The fraction of sp³-hybridized carbons (Fsp3) is 0.308. The van der Waals surface area contributed by atoms with Crippen molar-refractivity contribution in [1.29, 1.82) is 0 Å². The third-order valence-corrected chi connectivity index (χ3v) is 4.45. The van der Waals surface area contributed by atoms with E-state index in [1.54, 1.807) is 6.20 Å². The lowest BCUT2D eigenvalue weighted by Gasteiger charge is -2.03. The first-order valence-electron chi connectivity index (χ1n) is 5.76. The van der Waals surface area contributed by atoms with Crippen molar-refractivity contribution in [3.05, 3.63) is 34.3 Å². The molecule has 0 spiro atoms. The number of carboxylic acid groups (broad SMARTS) is 1. The third kappa shape index (κ3) is 1.62. The Morgan fingerprint density at radius 2 is 2.22 bits per heavy atom. The second kappa shape index (κ2) is 3.88. The smallest absolute Gasteiger partial charge is 0.316 e. The molecular weight excluding hydrogens is 248 g/mol. The van der Waals surface area contributed by atoms with Crippen molar-refractivity contribution in [1.82, 2.24) is 9.97 Å². The Morgan fingerprint density at radius 3 is 2.78 bits per heavy atom. The van der Waals surface area contributed by atoms with Crippen molar-refractivity contribution in [3.8, 4) is 11.4 Å². The summed E-state index contributed by atoms with van der Waals surface area (Å²) in [5, 5.41) is 9.99. The second-order valence-electron chi connectivity index (χ2n) is 4.53. The molecule has 0 aromatic carbocycles. The molecule has 2 heterocycles. The normalized spacial score (nSPS) is 16.5. The van der Waals surface area contributed by atoms with Gasteiger partial charge in [-0.25, -0.2) is 4.98 Å². The standard InChI is InChI=1S/C13H12N2O2S/c1-8-10(9-4-2-3-7-14-9)15-11(18-8)13(5-6-13)12(16)17/h2-4,7H,5-6H2,1H3,(H,16,17). The molecule has 1 aliphatic rings. The summed E-state index contributed by atoms with van der Waals surface area (Å²) in [6.07, 6.45) is 3.10. The van der Waals surface area contributed by atoms with E-state index in [1.165, 1.54) is 11.3 Å². The van der Waals surface area contributed by atoms with Crippen LogP contribution in [0.5, 0.6) is 0 Å². The van der Waals surface area contributed by atoms with E-state index in [0.717, 1.165) is 16.3 Å². The van der Waals surface area contributed by atoms with E-state index >= 15 is 0 Å². The van der Waals surface area contributed by atoms with E-state index in [1.807, 2.05) is 25.1 Å². The number of aromatic nitrogens is 2. The number of rotatable bonds is 3. The van der Waals surface area contributed by atoms with Crippen LogP contribution in [0.15, 0.2) is 24.4 Å². The van der Waals surface area contributed by atoms with Gasteiger partial charge in [0.05, 0.1) is 5.69 Å². The number of hydrogen-bond acceptors (Lipinski definition) is 4. The molecule has 0 unspecified atom stereocenters. The van der Waals surface area contributed by atoms with Gasteiger partial charge in [0.25, 0.3) is 0 Å². The van der Waals surface area contributed by atoms with Gasteiger partial charge in [0.2, 0.25) is 0 Å². The first-order chi connectivity index (χ1) is 8.63. The van der Waals surface area contributed by atoms with Gasteiger partial charge in [0.15, 0.2) is 0 Å². The van der Waals surface area contributed by atoms with Gasteiger partial charge in [-0.05, 0) is 31.9 Å². The molecular formula is C13H12N2O2S. The SMILES string of the molecule is Cc1sc(C2(C(=O)O)CC2)nc1-c1ccccn1. The molecule has 92 valence electrons. The highest BCUT2D eigenvalue weighted by Crippen LogP contribution is 2.50. The van der Waals surface area contributed by atoms with Crippen LogP contribution in [0.3, 0.4) is 0 Å². The lowest BCUT2D eigenvalue weighted by atomic mass is 10.1. The zero-order chi connectivity index (χ0) is 12.8. The van der Waals surface area contributed by atoms with Crippen LogP contribution in [0.2, 0.25) is 0 Å². The van der Waals surface area contributed by atoms with E-state index < -0.39 is 11.4 Å². The second-order valence-corrected chi connectivity index (χ2v) is 5.73. The Balaban J connectivity index is 2.05. The molecule has 3 rings (SSSR count). The van der Waals surface area contributed by atoms with Crippen molar-refractivity contribution in [2.45, 2.75) is 25.2 Å². The van der Waals surface area contributed by atoms with Crippen LogP contribution in [0.1, 0.15) is 22.7 Å². The number of hydrogen-bond donors (Lipinski definition) is 1. The van der Waals surface area contributed by atoms with Crippen molar-refractivity contribution in [3.63, 3.8) is 0 Å². The van der Waals surface area contributed by atoms with Crippen LogP contribution in [0, 0.1) is 6.92 Å². The summed E-state index contributed by atoms with van der Waals surface area (Å²) in [7, 11) is 0. The van der Waals surface area contributed by atoms with Crippen LogP contribution in [0.4, 0.5) is 0 Å². The quantitative estimate of drug-likeness (QED) is 0.921. The van der Waals surface area contributed by atoms with Crippen molar-refractivity contribution in [2.24, 2.45) is 0 Å². The summed E-state index contributed by atoms with van der Waals surface area (Å²) in [4.78, 5) is 21.1. The summed E-state index contributed by atoms with van der Waals surface area (Å²) < 4.78 is 0. The molecule has 0 saturated heterocycles. The number of nitrogens with zero attached hydrogens (tertiary/aromatic N) is 2. The molecule has 1 saturated carbocycles. The minimum absolute atomic E-state index is 0.691. The van der Waals surface area contributed by atoms with E-state index in [4.69, 9.17) is 0 Å². The molecule has 0 radical (unpaired) electrons. The topological polar surface area (TPSA) is 63.1 Å². The fourth-order valence-electron chi connectivity index (χ4n) is 1.99. The summed E-state index contributed by atoms with van der Waals surface area (Å²) >= 11 is 1.48. The van der Waals surface area contributed by atoms with Gasteiger partial charge in [0.1, 0.15) is 16.1 Å². The number of carbonyl (C=O) groups is 1. The van der Waals surface area contributed by atoms with Crippen LogP contribution in [0.25, 0.3) is 11.4 Å². The van der Waals surface area contributed by atoms with Crippen LogP contribution in [-0.2, 0) is 10.2 Å². The molecule has 0 bridgehead atoms. The molecule has 2 aromatic rings. The van der Waals surface area contributed by atoms with Gasteiger partial charge in [-0.2, -0.15) is 0 Å². The maximum absolute atomic E-state index is 11.3. The molecule has 4 nitrogen and oxygen atoms in total. The maximum atomic E-state index is 11.3. The maximum Gasteiger partial charge on any atom is 0.316 e. The lowest BCUT2D eigenvalue weighted by molar-refractivity contribution is -0.140. The van der Waals surface area contributed by atoms with Crippen molar-refractivity contribution in [2.75, 3.05) is 0 Å². The highest BCUT2D eigenvalue weighted by molar-refractivity contribution is 7.12. The molecule has 0 amide bonds.